The molecule has 0 aliphatic rings. The van der Waals surface area contributed by atoms with Crippen LogP contribution >= 0.6 is 0 Å². The minimum atomic E-state index is 0. The van der Waals surface area contributed by atoms with Gasteiger partial charge in [-0.15, -0.1) is 0 Å². The van der Waals surface area contributed by atoms with Gasteiger partial charge in [-0.05, 0) is 0 Å². The number of nitrogens with zero attached hydrogens (tertiary/aromatic N) is 6. The van der Waals surface area contributed by atoms with Crippen molar-refractivity contribution in [1.29, 1.82) is 31.6 Å². The monoisotopic (exact) mass is 310 g/mol. The zero-order chi connectivity index (χ0) is 12.0. The van der Waals surface area contributed by atoms with Gasteiger partial charge in [0.2, 0.25) is 0 Å². The van der Waals surface area contributed by atoms with Gasteiger partial charge in [-0.25, -0.2) is 0 Å². The standard InChI is InChI=1S/6CN.Co.Fe.K/c6*1-2;;;/q6*-1;+2;+3;+1. The Kier molecular flexibility index (Phi) is 78400. The van der Waals surface area contributed by atoms with Crippen LogP contribution in [0.5, 0.6) is 0 Å². The van der Waals surface area contributed by atoms with Crippen molar-refractivity contribution in [1.82, 2.24) is 0 Å². The molecule has 15 heavy (non-hydrogen) atoms. The molecule has 2 radical (unpaired) electrons. The molecule has 0 atom stereocenters. The van der Waals surface area contributed by atoms with Crippen molar-refractivity contribution in [2.75, 3.05) is 0 Å². The van der Waals surface area contributed by atoms with E-state index in [1.165, 1.54) is 0 Å². The van der Waals surface area contributed by atoms with Crippen molar-refractivity contribution < 1.29 is 85.2 Å². The maximum Gasteiger partial charge on any atom is 3.00 e. The van der Waals surface area contributed by atoms with Crippen LogP contribution in [0.1, 0.15) is 0 Å². The molecular formula is C6CoFeKN6. The van der Waals surface area contributed by atoms with E-state index in [-0.39, 0.29) is 85.2 Å². The van der Waals surface area contributed by atoms with Gasteiger partial charge < -0.3 is 71.0 Å². The van der Waals surface area contributed by atoms with Crippen molar-refractivity contribution in [3.8, 4) is 0 Å². The van der Waals surface area contributed by atoms with Crippen molar-refractivity contribution in [3.63, 3.8) is 0 Å². The molecule has 0 aliphatic carbocycles. The largest absolute Gasteiger partial charge is 3.00 e. The third-order valence-corrected chi connectivity index (χ3v) is 0. The summed E-state index contributed by atoms with van der Waals surface area (Å²) in [5, 5.41) is 37.5. The van der Waals surface area contributed by atoms with E-state index in [2.05, 4.69) is 0 Å². The van der Waals surface area contributed by atoms with Gasteiger partial charge in [0, 0.05) is 0 Å². The Bertz CT molecular complexity index is 103. The summed E-state index contributed by atoms with van der Waals surface area (Å²) >= 11 is 0. The van der Waals surface area contributed by atoms with E-state index in [4.69, 9.17) is 71.0 Å². The van der Waals surface area contributed by atoms with E-state index in [1.807, 2.05) is 0 Å². The Labute approximate surface area is 154 Å². The fraction of sp³-hybridized carbons (Fsp3) is 0. The number of rotatable bonds is 0. The molecule has 0 rings (SSSR count). The maximum atomic E-state index is 6.25. The maximum absolute atomic E-state index is 6.25. The zero-order valence-electron chi connectivity index (χ0n) is 7.37. The van der Waals surface area contributed by atoms with Crippen molar-refractivity contribution in [3.05, 3.63) is 39.4 Å². The van der Waals surface area contributed by atoms with Gasteiger partial charge in [0.25, 0.3) is 0 Å². The van der Waals surface area contributed by atoms with Gasteiger partial charge in [-0.1, -0.05) is 0 Å². The van der Waals surface area contributed by atoms with Crippen LogP contribution < -0.4 is 51.4 Å². The first-order valence-corrected chi connectivity index (χ1v) is 1.34. The van der Waals surface area contributed by atoms with Gasteiger partial charge >= 0.3 is 85.2 Å². The van der Waals surface area contributed by atoms with E-state index >= 15 is 0 Å². The van der Waals surface area contributed by atoms with Crippen LogP contribution in [-0.2, 0) is 33.8 Å². The van der Waals surface area contributed by atoms with Crippen LogP contribution in [0.25, 0.3) is 0 Å². The molecule has 0 heterocycles. The summed E-state index contributed by atoms with van der Waals surface area (Å²) in [6.07, 6.45) is 0. The Morgan fingerprint density at radius 1 is 0.400 bits per heavy atom. The van der Waals surface area contributed by atoms with Crippen molar-refractivity contribution in [2.24, 2.45) is 0 Å². The first-order valence-electron chi connectivity index (χ1n) is 1.34. The predicted octanol–water partition coefficient (Wildman–Crippen LogP) is -2.42. The van der Waals surface area contributed by atoms with E-state index < -0.39 is 0 Å². The Balaban J connectivity index is -0.00000000396. The second-order valence-corrected chi connectivity index (χ2v) is 0. The Hall–Kier alpha value is -0.398. The van der Waals surface area contributed by atoms with Crippen LogP contribution in [0.15, 0.2) is 0 Å². The van der Waals surface area contributed by atoms with E-state index in [1.54, 1.807) is 0 Å². The van der Waals surface area contributed by atoms with E-state index in [0.29, 0.717) is 0 Å². The first kappa shape index (κ1) is 86.1. The zero-order valence-corrected chi connectivity index (χ0v) is 12.6. The molecule has 0 aromatic carbocycles. The fourth-order valence-electron chi connectivity index (χ4n) is 0. The van der Waals surface area contributed by atoms with E-state index in [0.717, 1.165) is 0 Å². The molecule has 0 bridgehead atoms. The molecule has 0 aromatic rings. The van der Waals surface area contributed by atoms with Gasteiger partial charge in [-0.2, -0.15) is 0 Å². The molecule has 72 valence electrons. The summed E-state index contributed by atoms with van der Waals surface area (Å²) in [6.45, 7) is 28.5. The molecule has 0 N–H and O–H groups in total. The topological polar surface area (TPSA) is 143 Å². The Morgan fingerprint density at radius 3 is 0.400 bits per heavy atom. The molecule has 0 fully saturated rings. The third-order valence-electron chi connectivity index (χ3n) is 0. The summed E-state index contributed by atoms with van der Waals surface area (Å²) in [6, 6.07) is 0. The average Bonchev–Trinajstić information content (AvgIpc) is 2.33. The summed E-state index contributed by atoms with van der Waals surface area (Å²) in [5.74, 6) is 0. The second kappa shape index (κ2) is 13700. The van der Waals surface area contributed by atoms with Gasteiger partial charge in [0.15, 0.2) is 0 Å². The van der Waals surface area contributed by atoms with Gasteiger partial charge in [0.1, 0.15) is 0 Å². The van der Waals surface area contributed by atoms with Crippen LogP contribution in [-0.4, -0.2) is 0 Å². The molecular weight excluding hydrogens is 310 g/mol. The molecule has 0 unspecified atom stereocenters. The number of hydrogen-bond acceptors (Lipinski definition) is 6. The Morgan fingerprint density at radius 2 is 0.400 bits per heavy atom. The van der Waals surface area contributed by atoms with Crippen LogP contribution in [0.2, 0.25) is 0 Å². The molecule has 0 saturated carbocycles. The fourth-order valence-corrected chi connectivity index (χ4v) is 0. The second-order valence-electron chi connectivity index (χ2n) is 0. The van der Waals surface area contributed by atoms with E-state index in [9.17, 15) is 0 Å². The molecule has 0 aliphatic heterocycles. The number of hydrogen-bond donors (Lipinski definition) is 0. The smallest absolute Gasteiger partial charge is 0.512 e. The van der Waals surface area contributed by atoms with Gasteiger partial charge in [-0.3, -0.25) is 0 Å². The molecule has 0 spiro atoms. The molecule has 0 saturated heterocycles. The summed E-state index contributed by atoms with van der Waals surface area (Å²) in [7, 11) is 0. The third kappa shape index (κ3) is 11600. The van der Waals surface area contributed by atoms with Crippen LogP contribution in [0.3, 0.4) is 0 Å². The minimum absolute atomic E-state index is 0. The molecule has 0 aromatic heterocycles. The molecule has 0 amide bonds. The predicted molar refractivity (Wildman–Crippen MR) is 29.8 cm³/mol. The van der Waals surface area contributed by atoms with Crippen LogP contribution in [0.4, 0.5) is 0 Å². The summed E-state index contributed by atoms with van der Waals surface area (Å²) < 4.78 is 0. The summed E-state index contributed by atoms with van der Waals surface area (Å²) in [5.41, 5.74) is 0. The first-order chi connectivity index (χ1) is 6.00. The summed E-state index contributed by atoms with van der Waals surface area (Å²) in [4.78, 5) is 0. The quantitative estimate of drug-likeness (QED) is 0.360. The van der Waals surface area contributed by atoms with Crippen molar-refractivity contribution in [2.45, 2.75) is 0 Å². The van der Waals surface area contributed by atoms with Gasteiger partial charge in [0.05, 0.1) is 0 Å². The average molecular weight is 310 g/mol. The van der Waals surface area contributed by atoms with Crippen LogP contribution in [0, 0.1) is 71.0 Å². The molecule has 6 nitrogen and oxygen atoms in total. The normalized spacial score (nSPS) is 0.800. The SMILES string of the molecule is [C-]#N.[C-]#N.[C-]#N.[C-]#N.[C-]#N.[C-]#N.[Co+2].[Fe+3].[K+]. The van der Waals surface area contributed by atoms with Crippen molar-refractivity contribution >= 4 is 0 Å². The molecule has 9 heteroatoms. The minimum Gasteiger partial charge on any atom is -0.512 e.